The Balaban J connectivity index is 1.81. The average molecular weight is 366 g/mol. The van der Waals surface area contributed by atoms with Crippen molar-refractivity contribution in [1.29, 1.82) is 0 Å². The van der Waals surface area contributed by atoms with E-state index in [1.54, 1.807) is 17.6 Å². The molecular formula is C19H16ClN5O. The Morgan fingerprint density at radius 2 is 1.85 bits per heavy atom. The minimum atomic E-state index is -0.516. The molecule has 0 fully saturated rings. The monoisotopic (exact) mass is 365 g/mol. The van der Waals surface area contributed by atoms with Crippen molar-refractivity contribution in [2.75, 3.05) is 10.6 Å². The van der Waals surface area contributed by atoms with E-state index in [9.17, 15) is 4.79 Å². The summed E-state index contributed by atoms with van der Waals surface area (Å²) in [6.07, 6.45) is -0.516. The summed E-state index contributed by atoms with van der Waals surface area (Å²) in [6.45, 7) is 1.79. The molecule has 26 heavy (non-hydrogen) atoms. The largest absolute Gasteiger partial charge is 0.325 e. The van der Waals surface area contributed by atoms with E-state index in [0.29, 0.717) is 22.6 Å². The predicted molar refractivity (Wildman–Crippen MR) is 104 cm³/mol. The smallest absolute Gasteiger partial charge is 0.257 e. The van der Waals surface area contributed by atoms with Crippen molar-refractivity contribution in [1.82, 2.24) is 9.55 Å². The van der Waals surface area contributed by atoms with E-state index in [0.717, 1.165) is 11.3 Å². The van der Waals surface area contributed by atoms with Crippen molar-refractivity contribution in [2.24, 2.45) is 4.99 Å². The fourth-order valence-electron chi connectivity index (χ4n) is 2.85. The van der Waals surface area contributed by atoms with Gasteiger partial charge in [0.1, 0.15) is 0 Å². The van der Waals surface area contributed by atoms with Crippen LogP contribution in [0.2, 0.25) is 5.02 Å². The third kappa shape index (κ3) is 3.07. The van der Waals surface area contributed by atoms with Crippen LogP contribution in [0.3, 0.4) is 0 Å². The Bertz CT molecular complexity index is 1050. The highest BCUT2D eigenvalue weighted by Crippen LogP contribution is 2.27. The van der Waals surface area contributed by atoms with Crippen molar-refractivity contribution < 1.29 is 0 Å². The SMILES string of the molecule is Cc1cc(=O)n2c(n1)NC(Nc1ccccc1Cl)=N[C@@H]2c1ccccc1. The lowest BCUT2D eigenvalue weighted by atomic mass is 10.1. The lowest BCUT2D eigenvalue weighted by molar-refractivity contribution is 0.577. The van der Waals surface area contributed by atoms with Crippen LogP contribution >= 0.6 is 11.6 Å². The zero-order chi connectivity index (χ0) is 18.1. The molecule has 2 aromatic carbocycles. The number of halogens is 1. The van der Waals surface area contributed by atoms with Crippen LogP contribution in [-0.2, 0) is 0 Å². The molecule has 0 saturated carbocycles. The average Bonchev–Trinajstić information content (AvgIpc) is 2.63. The van der Waals surface area contributed by atoms with Gasteiger partial charge in [-0.1, -0.05) is 54.1 Å². The van der Waals surface area contributed by atoms with Crippen LogP contribution in [0.15, 0.2) is 70.5 Å². The first-order valence-electron chi connectivity index (χ1n) is 8.13. The number of aryl methyl sites for hydroxylation is 1. The van der Waals surface area contributed by atoms with E-state index in [4.69, 9.17) is 11.6 Å². The van der Waals surface area contributed by atoms with Crippen molar-refractivity contribution in [3.8, 4) is 0 Å². The van der Waals surface area contributed by atoms with Crippen molar-refractivity contribution in [3.63, 3.8) is 0 Å². The number of nitrogens with one attached hydrogen (secondary N) is 2. The maximum Gasteiger partial charge on any atom is 0.257 e. The molecule has 0 unspecified atom stereocenters. The Hall–Kier alpha value is -3.12. The minimum Gasteiger partial charge on any atom is -0.325 e. The number of fused-ring (bicyclic) bond motifs is 1. The zero-order valence-electron chi connectivity index (χ0n) is 14.0. The molecule has 0 amide bonds. The summed E-state index contributed by atoms with van der Waals surface area (Å²) in [5, 5.41) is 6.84. The van der Waals surface area contributed by atoms with Gasteiger partial charge in [0.2, 0.25) is 11.9 Å². The maximum atomic E-state index is 12.6. The molecule has 1 aromatic heterocycles. The number of rotatable bonds is 2. The first-order valence-corrected chi connectivity index (χ1v) is 8.51. The molecule has 4 rings (SSSR count). The minimum absolute atomic E-state index is 0.158. The number of hydrogen-bond acceptors (Lipinski definition) is 5. The summed E-state index contributed by atoms with van der Waals surface area (Å²) in [5.41, 5.74) is 2.09. The Labute approximate surface area is 155 Å². The molecule has 0 aliphatic carbocycles. The van der Waals surface area contributed by atoms with Gasteiger partial charge in [0, 0.05) is 11.8 Å². The number of guanidine groups is 1. The summed E-state index contributed by atoms with van der Waals surface area (Å²) in [5.74, 6) is 0.915. The van der Waals surface area contributed by atoms with Crippen LogP contribution in [-0.4, -0.2) is 15.5 Å². The van der Waals surface area contributed by atoms with Crippen LogP contribution in [0.5, 0.6) is 0 Å². The third-order valence-corrected chi connectivity index (χ3v) is 4.36. The normalized spacial score (nSPS) is 15.6. The fraction of sp³-hybridized carbons (Fsp3) is 0.105. The van der Waals surface area contributed by atoms with Crippen molar-refractivity contribution >= 4 is 29.2 Å². The summed E-state index contributed by atoms with van der Waals surface area (Å²) >= 11 is 6.23. The highest BCUT2D eigenvalue weighted by atomic mass is 35.5. The molecule has 6 nitrogen and oxygen atoms in total. The number of benzene rings is 2. The summed E-state index contributed by atoms with van der Waals surface area (Å²) in [7, 11) is 0. The second-order valence-electron chi connectivity index (χ2n) is 5.92. The maximum absolute atomic E-state index is 12.6. The van der Waals surface area contributed by atoms with Gasteiger partial charge in [0.05, 0.1) is 10.7 Å². The van der Waals surface area contributed by atoms with Crippen LogP contribution in [0.4, 0.5) is 11.6 Å². The van der Waals surface area contributed by atoms with E-state index in [1.165, 1.54) is 6.07 Å². The molecule has 3 aromatic rings. The van der Waals surface area contributed by atoms with Crippen LogP contribution < -0.4 is 16.2 Å². The Morgan fingerprint density at radius 3 is 2.62 bits per heavy atom. The standard InChI is InChI=1S/C19H16ClN5O/c1-12-11-16(26)25-17(13-7-3-2-4-8-13)23-18(24-19(25)21-12)22-15-10-6-5-9-14(15)20/h2-11,17H,1H3,(H2,21,22,23,24)/t17-/m0/s1. The number of nitrogens with zero attached hydrogens (tertiary/aromatic N) is 3. The van der Waals surface area contributed by atoms with E-state index in [2.05, 4.69) is 20.6 Å². The third-order valence-electron chi connectivity index (χ3n) is 4.03. The number of para-hydroxylation sites is 1. The van der Waals surface area contributed by atoms with Gasteiger partial charge in [-0.3, -0.25) is 14.7 Å². The van der Waals surface area contributed by atoms with Gasteiger partial charge in [0.15, 0.2) is 6.17 Å². The van der Waals surface area contributed by atoms with Gasteiger partial charge in [-0.25, -0.2) is 9.98 Å². The van der Waals surface area contributed by atoms with Gasteiger partial charge >= 0.3 is 0 Å². The predicted octanol–water partition coefficient (Wildman–Crippen LogP) is 3.65. The first kappa shape index (κ1) is 16.4. The van der Waals surface area contributed by atoms with Gasteiger partial charge < -0.3 is 5.32 Å². The van der Waals surface area contributed by atoms with Crippen LogP contribution in [0, 0.1) is 6.92 Å². The number of aromatic nitrogens is 2. The Morgan fingerprint density at radius 1 is 1.12 bits per heavy atom. The lowest BCUT2D eigenvalue weighted by Gasteiger charge is -2.27. The molecule has 1 aliphatic heterocycles. The highest BCUT2D eigenvalue weighted by Gasteiger charge is 2.25. The molecule has 1 aliphatic rings. The second kappa shape index (κ2) is 6.65. The summed E-state index contributed by atoms with van der Waals surface area (Å²) in [4.78, 5) is 21.7. The second-order valence-corrected chi connectivity index (χ2v) is 6.33. The molecule has 2 N–H and O–H groups in total. The van der Waals surface area contributed by atoms with Crippen molar-refractivity contribution in [2.45, 2.75) is 13.1 Å². The zero-order valence-corrected chi connectivity index (χ0v) is 14.7. The molecule has 2 heterocycles. The fourth-order valence-corrected chi connectivity index (χ4v) is 3.03. The number of hydrogen-bond donors (Lipinski definition) is 2. The first-order chi connectivity index (χ1) is 12.6. The van der Waals surface area contributed by atoms with E-state index in [1.807, 2.05) is 48.5 Å². The highest BCUT2D eigenvalue weighted by molar-refractivity contribution is 6.33. The number of anilines is 2. The summed E-state index contributed by atoms with van der Waals surface area (Å²) < 4.78 is 1.54. The van der Waals surface area contributed by atoms with Gasteiger partial charge in [-0.05, 0) is 24.6 Å². The van der Waals surface area contributed by atoms with Crippen LogP contribution in [0.1, 0.15) is 17.4 Å². The Kier molecular flexibility index (Phi) is 4.18. The quantitative estimate of drug-likeness (QED) is 0.727. The van der Waals surface area contributed by atoms with E-state index < -0.39 is 6.17 Å². The van der Waals surface area contributed by atoms with Crippen molar-refractivity contribution in [3.05, 3.63) is 87.3 Å². The van der Waals surface area contributed by atoms with Gasteiger partial charge in [-0.2, -0.15) is 0 Å². The topological polar surface area (TPSA) is 71.3 Å². The number of aliphatic imine (C=N–C) groups is 1. The van der Waals surface area contributed by atoms with E-state index >= 15 is 0 Å². The molecule has 0 bridgehead atoms. The molecular weight excluding hydrogens is 350 g/mol. The molecule has 1 atom stereocenters. The lowest BCUT2D eigenvalue weighted by Crippen LogP contribution is -2.37. The molecule has 130 valence electrons. The van der Waals surface area contributed by atoms with E-state index in [-0.39, 0.29) is 5.56 Å². The molecule has 7 heteroatoms. The summed E-state index contributed by atoms with van der Waals surface area (Å²) in [6, 6.07) is 18.5. The van der Waals surface area contributed by atoms with Crippen LogP contribution in [0.25, 0.3) is 0 Å². The van der Waals surface area contributed by atoms with Gasteiger partial charge in [-0.15, -0.1) is 0 Å². The molecule has 0 spiro atoms. The molecule has 0 radical (unpaired) electrons. The molecule has 0 saturated heterocycles. The van der Waals surface area contributed by atoms with Gasteiger partial charge in [0.25, 0.3) is 5.56 Å².